The summed E-state index contributed by atoms with van der Waals surface area (Å²) in [6.07, 6.45) is 4.84. The first-order valence-electron chi connectivity index (χ1n) is 8.65. The van der Waals surface area contributed by atoms with Crippen LogP contribution in [0.5, 0.6) is 0 Å². The number of hydrogen-bond acceptors (Lipinski definition) is 6. The Balaban J connectivity index is 1.30. The van der Waals surface area contributed by atoms with Crippen LogP contribution in [0.25, 0.3) is 0 Å². The maximum Gasteiger partial charge on any atom is 0.228 e. The van der Waals surface area contributed by atoms with Gasteiger partial charge in [0, 0.05) is 24.3 Å². The number of pyridine rings is 1. The van der Waals surface area contributed by atoms with Crippen molar-refractivity contribution in [2.24, 2.45) is 5.92 Å². The minimum absolute atomic E-state index is 0.0143. The molecule has 1 saturated carbocycles. The van der Waals surface area contributed by atoms with Gasteiger partial charge in [0.2, 0.25) is 11.8 Å². The van der Waals surface area contributed by atoms with Gasteiger partial charge in [0.05, 0.1) is 12.2 Å². The lowest BCUT2D eigenvalue weighted by atomic mass is 10.3. The predicted octanol–water partition coefficient (Wildman–Crippen LogP) is 2.41. The average Bonchev–Trinajstić information content (AvgIpc) is 3.51. The molecule has 136 valence electrons. The third-order valence-electron chi connectivity index (χ3n) is 3.83. The van der Waals surface area contributed by atoms with Crippen LogP contribution in [0, 0.1) is 5.92 Å². The van der Waals surface area contributed by atoms with E-state index in [0.29, 0.717) is 18.8 Å². The van der Waals surface area contributed by atoms with Crippen LogP contribution in [0.15, 0.2) is 41.6 Å². The van der Waals surface area contributed by atoms with Crippen LogP contribution in [0.3, 0.4) is 0 Å². The Hall–Kier alpha value is -2.48. The van der Waals surface area contributed by atoms with Crippen molar-refractivity contribution in [1.29, 1.82) is 0 Å². The van der Waals surface area contributed by atoms with E-state index in [2.05, 4.69) is 25.8 Å². The lowest BCUT2D eigenvalue weighted by molar-refractivity contribution is -0.121. The van der Waals surface area contributed by atoms with Crippen LogP contribution in [0.2, 0.25) is 0 Å². The number of hydrogen-bond donors (Lipinski definition) is 2. The molecule has 0 aliphatic heterocycles. The number of aromatic nitrogens is 3. The van der Waals surface area contributed by atoms with Gasteiger partial charge in [-0.2, -0.15) is 0 Å². The Morgan fingerprint density at radius 2 is 2.04 bits per heavy atom. The Labute approximate surface area is 156 Å². The number of anilines is 1. The molecule has 3 rings (SSSR count). The van der Waals surface area contributed by atoms with Crippen molar-refractivity contribution in [3.8, 4) is 0 Å². The average molecular weight is 371 g/mol. The molecule has 1 aliphatic rings. The Morgan fingerprint density at radius 3 is 2.73 bits per heavy atom. The topological polar surface area (TPSA) is 96.9 Å². The highest BCUT2D eigenvalue weighted by atomic mass is 32.2. The lowest BCUT2D eigenvalue weighted by Crippen LogP contribution is -2.22. The normalized spacial score (nSPS) is 13.2. The minimum atomic E-state index is 0.0143. The van der Waals surface area contributed by atoms with Crippen molar-refractivity contribution in [2.75, 3.05) is 11.1 Å². The standard InChI is InChI=1S/C18H21N5O2S/c24-16(20-12-14-4-1-2-10-19-14)5-3-11-26-17-9-8-15(22-23-17)21-18(25)13-6-7-13/h1-2,4,8-10,13H,3,5-7,11-12H2,(H,20,24)(H,21,22,25). The maximum atomic E-state index is 11.8. The third-order valence-corrected chi connectivity index (χ3v) is 4.84. The maximum absolute atomic E-state index is 11.8. The molecule has 8 heteroatoms. The van der Waals surface area contributed by atoms with E-state index < -0.39 is 0 Å². The summed E-state index contributed by atoms with van der Waals surface area (Å²) in [6.45, 7) is 0.451. The van der Waals surface area contributed by atoms with Crippen LogP contribution in [0.1, 0.15) is 31.4 Å². The number of thioether (sulfide) groups is 1. The van der Waals surface area contributed by atoms with E-state index in [1.807, 2.05) is 24.3 Å². The number of amides is 2. The molecule has 2 amide bonds. The summed E-state index contributed by atoms with van der Waals surface area (Å²) in [5.74, 6) is 1.45. The van der Waals surface area contributed by atoms with Crippen molar-refractivity contribution in [3.05, 3.63) is 42.2 Å². The molecule has 1 fully saturated rings. The molecule has 0 unspecified atom stereocenters. The van der Waals surface area contributed by atoms with E-state index in [1.165, 1.54) is 0 Å². The smallest absolute Gasteiger partial charge is 0.228 e. The van der Waals surface area contributed by atoms with Gasteiger partial charge in [0.1, 0.15) is 5.03 Å². The summed E-state index contributed by atoms with van der Waals surface area (Å²) < 4.78 is 0. The molecule has 2 aromatic rings. The molecule has 0 spiro atoms. The highest BCUT2D eigenvalue weighted by Crippen LogP contribution is 2.30. The molecule has 2 N–H and O–H groups in total. The molecule has 7 nitrogen and oxygen atoms in total. The molecule has 0 radical (unpaired) electrons. The molecule has 26 heavy (non-hydrogen) atoms. The molecule has 0 saturated heterocycles. The van der Waals surface area contributed by atoms with Crippen molar-refractivity contribution in [2.45, 2.75) is 37.3 Å². The second-order valence-corrected chi connectivity index (χ2v) is 7.19. The first kappa shape index (κ1) is 18.3. The van der Waals surface area contributed by atoms with Gasteiger partial charge < -0.3 is 10.6 Å². The third kappa shape index (κ3) is 6.11. The molecular formula is C18H21N5O2S. The van der Waals surface area contributed by atoms with Crippen molar-refractivity contribution >= 4 is 29.4 Å². The summed E-state index contributed by atoms with van der Waals surface area (Å²) in [5, 5.41) is 14.5. The predicted molar refractivity (Wildman–Crippen MR) is 99.4 cm³/mol. The van der Waals surface area contributed by atoms with Crippen LogP contribution >= 0.6 is 11.8 Å². The zero-order valence-corrected chi connectivity index (χ0v) is 15.2. The Bertz CT molecular complexity index is 735. The van der Waals surface area contributed by atoms with Crippen molar-refractivity contribution in [3.63, 3.8) is 0 Å². The van der Waals surface area contributed by atoms with Crippen LogP contribution in [0.4, 0.5) is 5.82 Å². The summed E-state index contributed by atoms with van der Waals surface area (Å²) >= 11 is 1.54. The monoisotopic (exact) mass is 371 g/mol. The first-order chi connectivity index (χ1) is 12.7. The van der Waals surface area contributed by atoms with Crippen LogP contribution in [-0.4, -0.2) is 32.7 Å². The number of carbonyl (C=O) groups excluding carboxylic acids is 2. The summed E-state index contributed by atoms with van der Waals surface area (Å²) in [6, 6.07) is 9.22. The van der Waals surface area contributed by atoms with Gasteiger partial charge in [-0.3, -0.25) is 14.6 Å². The zero-order valence-electron chi connectivity index (χ0n) is 14.4. The highest BCUT2D eigenvalue weighted by molar-refractivity contribution is 7.99. The lowest BCUT2D eigenvalue weighted by Gasteiger charge is -2.05. The van der Waals surface area contributed by atoms with Gasteiger partial charge in [-0.05, 0) is 43.5 Å². The van der Waals surface area contributed by atoms with Gasteiger partial charge in [0.15, 0.2) is 5.82 Å². The molecular weight excluding hydrogens is 350 g/mol. The highest BCUT2D eigenvalue weighted by Gasteiger charge is 2.29. The summed E-state index contributed by atoms with van der Waals surface area (Å²) in [5.41, 5.74) is 0.847. The fraction of sp³-hybridized carbons (Fsp3) is 0.389. The second-order valence-electron chi connectivity index (χ2n) is 6.07. The van der Waals surface area contributed by atoms with Crippen LogP contribution < -0.4 is 10.6 Å². The fourth-order valence-electron chi connectivity index (χ4n) is 2.23. The summed E-state index contributed by atoms with van der Waals surface area (Å²) in [7, 11) is 0. The number of nitrogens with one attached hydrogen (secondary N) is 2. The van der Waals surface area contributed by atoms with Crippen molar-refractivity contribution < 1.29 is 9.59 Å². The van der Waals surface area contributed by atoms with Gasteiger partial charge >= 0.3 is 0 Å². The second kappa shape index (κ2) is 9.28. The van der Waals surface area contributed by atoms with E-state index in [1.54, 1.807) is 24.0 Å². The molecule has 1 aliphatic carbocycles. The quantitative estimate of drug-likeness (QED) is 0.519. The largest absolute Gasteiger partial charge is 0.350 e. The van der Waals surface area contributed by atoms with E-state index in [9.17, 15) is 9.59 Å². The Kier molecular flexibility index (Phi) is 6.54. The van der Waals surface area contributed by atoms with Gasteiger partial charge in [-0.1, -0.05) is 6.07 Å². The first-order valence-corrected chi connectivity index (χ1v) is 9.63. The fourth-order valence-corrected chi connectivity index (χ4v) is 2.99. The van der Waals surface area contributed by atoms with Crippen LogP contribution in [-0.2, 0) is 16.1 Å². The number of rotatable bonds is 9. The SMILES string of the molecule is O=C(CCCSc1ccc(NC(=O)C2CC2)nn1)NCc1ccccn1. The van der Waals surface area contributed by atoms with E-state index in [0.717, 1.165) is 35.7 Å². The van der Waals surface area contributed by atoms with Crippen molar-refractivity contribution in [1.82, 2.24) is 20.5 Å². The number of carbonyl (C=O) groups is 2. The molecule has 0 atom stereocenters. The molecule has 2 aromatic heterocycles. The van der Waals surface area contributed by atoms with E-state index in [-0.39, 0.29) is 17.7 Å². The van der Waals surface area contributed by atoms with Gasteiger partial charge in [0.25, 0.3) is 0 Å². The van der Waals surface area contributed by atoms with Gasteiger partial charge in [-0.25, -0.2) is 0 Å². The Morgan fingerprint density at radius 1 is 1.15 bits per heavy atom. The van der Waals surface area contributed by atoms with Gasteiger partial charge in [-0.15, -0.1) is 22.0 Å². The summed E-state index contributed by atoms with van der Waals surface area (Å²) in [4.78, 5) is 27.6. The molecule has 0 aromatic carbocycles. The minimum Gasteiger partial charge on any atom is -0.350 e. The molecule has 0 bridgehead atoms. The molecule has 2 heterocycles. The van der Waals surface area contributed by atoms with E-state index in [4.69, 9.17) is 0 Å². The number of nitrogens with zero attached hydrogens (tertiary/aromatic N) is 3. The van der Waals surface area contributed by atoms with E-state index >= 15 is 0 Å². The zero-order chi connectivity index (χ0) is 18.2.